The molecule has 0 amide bonds. The van der Waals surface area contributed by atoms with Gasteiger partial charge in [-0.15, -0.1) is 0 Å². The summed E-state index contributed by atoms with van der Waals surface area (Å²) in [4.78, 5) is 28.4. The van der Waals surface area contributed by atoms with Gasteiger partial charge in [0.25, 0.3) is 0 Å². The Hall–Kier alpha value is -0.260. The average molecular weight is 282 g/mol. The van der Waals surface area contributed by atoms with Gasteiger partial charge in [0.15, 0.2) is 0 Å². The van der Waals surface area contributed by atoms with Crippen molar-refractivity contribution in [1.29, 1.82) is 0 Å². The molecule has 0 atom stereocenters. The third-order valence-electron chi connectivity index (χ3n) is 1.85. The predicted molar refractivity (Wildman–Crippen MR) is 68.9 cm³/mol. The molecule has 0 aliphatic heterocycles. The molecule has 0 saturated heterocycles. The topological polar surface area (TPSA) is 76.0 Å². The number of unbranched alkanes of at least 4 members (excludes halogenated alkanes) is 3. The smallest absolute Gasteiger partial charge is 0.330 e. The van der Waals surface area contributed by atoms with E-state index >= 15 is 0 Å². The zero-order chi connectivity index (χ0) is 13.1. The SMILES string of the molecule is CC=CC(=O)OCCCCCCOP(O)(O)=S. The third kappa shape index (κ3) is 13.7. The van der Waals surface area contributed by atoms with E-state index in [4.69, 9.17) is 14.5 Å². The first kappa shape index (κ1) is 16.7. The van der Waals surface area contributed by atoms with Crippen LogP contribution in [0.25, 0.3) is 0 Å². The van der Waals surface area contributed by atoms with E-state index in [2.05, 4.69) is 16.3 Å². The molecule has 0 aromatic carbocycles. The number of ether oxygens (including phenoxy) is 1. The molecule has 0 heterocycles. The first-order valence-corrected chi connectivity index (χ1v) is 8.08. The highest BCUT2D eigenvalue weighted by Gasteiger charge is 2.06. The van der Waals surface area contributed by atoms with Crippen LogP contribution >= 0.6 is 6.72 Å². The van der Waals surface area contributed by atoms with Gasteiger partial charge in [-0.1, -0.05) is 12.5 Å². The molecule has 0 unspecified atom stereocenters. The van der Waals surface area contributed by atoms with Gasteiger partial charge in [-0.2, -0.15) is 0 Å². The Bertz CT molecular complexity index is 286. The molecular weight excluding hydrogens is 263 g/mol. The zero-order valence-corrected chi connectivity index (χ0v) is 11.6. The number of carbonyl (C=O) groups excluding carboxylic acids is 1. The fraction of sp³-hybridized carbons (Fsp3) is 0.700. The second-order valence-corrected chi connectivity index (χ2v) is 6.07. The maximum atomic E-state index is 10.9. The highest BCUT2D eigenvalue weighted by molar-refractivity contribution is 8.06. The summed E-state index contributed by atoms with van der Waals surface area (Å²) in [6, 6.07) is 0. The van der Waals surface area contributed by atoms with Gasteiger partial charge in [-0.3, -0.25) is 0 Å². The molecule has 100 valence electrons. The van der Waals surface area contributed by atoms with E-state index in [1.807, 2.05) is 0 Å². The number of hydrogen-bond acceptors (Lipinski definition) is 4. The number of carbonyl (C=O) groups is 1. The first-order chi connectivity index (χ1) is 7.95. The molecule has 2 N–H and O–H groups in total. The molecule has 5 nitrogen and oxygen atoms in total. The van der Waals surface area contributed by atoms with Crippen molar-refractivity contribution in [1.82, 2.24) is 0 Å². The Morgan fingerprint density at radius 1 is 1.24 bits per heavy atom. The molecule has 0 radical (unpaired) electrons. The summed E-state index contributed by atoms with van der Waals surface area (Å²) in [6.45, 7) is -1.08. The predicted octanol–water partition coefficient (Wildman–Crippen LogP) is 1.89. The fourth-order valence-corrected chi connectivity index (χ4v) is 1.69. The van der Waals surface area contributed by atoms with E-state index in [0.717, 1.165) is 19.3 Å². The van der Waals surface area contributed by atoms with Crippen LogP contribution in [-0.2, 0) is 25.9 Å². The quantitative estimate of drug-likeness (QED) is 0.291. The molecular formula is C10H19O5PS. The molecule has 0 spiro atoms. The Kier molecular flexibility index (Phi) is 9.59. The molecule has 17 heavy (non-hydrogen) atoms. The van der Waals surface area contributed by atoms with Crippen LogP contribution in [0.3, 0.4) is 0 Å². The molecule has 0 aromatic rings. The van der Waals surface area contributed by atoms with Gasteiger partial charge >= 0.3 is 12.7 Å². The van der Waals surface area contributed by atoms with Crippen molar-refractivity contribution in [3.8, 4) is 0 Å². The van der Waals surface area contributed by atoms with Crippen molar-refractivity contribution >= 4 is 24.5 Å². The standard InChI is InChI=1S/C10H19O5PS/c1-2-7-10(11)14-8-5-3-4-6-9-15-16(12,13)17/h2,7H,3-6,8-9H2,1H3,(H2,12,13,17). The second kappa shape index (κ2) is 9.74. The monoisotopic (exact) mass is 282 g/mol. The van der Waals surface area contributed by atoms with Gasteiger partial charge in [-0.25, -0.2) is 4.79 Å². The van der Waals surface area contributed by atoms with Gasteiger partial charge in [0, 0.05) is 6.08 Å². The van der Waals surface area contributed by atoms with Crippen molar-refractivity contribution < 1.29 is 23.8 Å². The van der Waals surface area contributed by atoms with E-state index < -0.39 is 6.72 Å². The van der Waals surface area contributed by atoms with Crippen molar-refractivity contribution in [3.63, 3.8) is 0 Å². The number of hydrogen-bond donors (Lipinski definition) is 2. The van der Waals surface area contributed by atoms with E-state index in [1.54, 1.807) is 13.0 Å². The van der Waals surface area contributed by atoms with Gasteiger partial charge < -0.3 is 19.0 Å². The maximum Gasteiger partial charge on any atom is 0.330 e. The van der Waals surface area contributed by atoms with Gasteiger partial charge in [0.2, 0.25) is 0 Å². The molecule has 7 heteroatoms. The van der Waals surface area contributed by atoms with Crippen LogP contribution in [0, 0.1) is 0 Å². The Morgan fingerprint density at radius 2 is 1.82 bits per heavy atom. The highest BCUT2D eigenvalue weighted by atomic mass is 32.5. The third-order valence-corrected chi connectivity index (χ3v) is 2.68. The Balaban J connectivity index is 3.25. The summed E-state index contributed by atoms with van der Waals surface area (Å²) in [6.07, 6.45) is 6.28. The lowest BCUT2D eigenvalue weighted by atomic mass is 10.2. The van der Waals surface area contributed by atoms with Gasteiger partial charge in [0.05, 0.1) is 13.2 Å². The number of rotatable bonds is 9. The summed E-state index contributed by atoms with van der Waals surface area (Å²) in [7, 11) is 0. The largest absolute Gasteiger partial charge is 0.463 e. The normalized spacial score (nSPS) is 11.9. The van der Waals surface area contributed by atoms with Crippen molar-refractivity contribution in [2.75, 3.05) is 13.2 Å². The fourth-order valence-electron chi connectivity index (χ4n) is 1.10. The minimum absolute atomic E-state index is 0.253. The lowest BCUT2D eigenvalue weighted by molar-refractivity contribution is -0.137. The first-order valence-electron chi connectivity index (χ1n) is 5.45. The van der Waals surface area contributed by atoms with E-state index in [-0.39, 0.29) is 12.6 Å². The average Bonchev–Trinajstić information content (AvgIpc) is 2.21. The molecule has 0 bridgehead atoms. The molecule has 0 aromatic heterocycles. The number of allylic oxidation sites excluding steroid dienone is 1. The van der Waals surface area contributed by atoms with Crippen LogP contribution in [0.15, 0.2) is 12.2 Å². The highest BCUT2D eigenvalue weighted by Crippen LogP contribution is 2.36. The minimum Gasteiger partial charge on any atom is -0.463 e. The Labute approximate surface area is 107 Å². The molecule has 0 aliphatic carbocycles. The molecule has 0 fully saturated rings. The van der Waals surface area contributed by atoms with Crippen LogP contribution in [-0.4, -0.2) is 29.0 Å². The minimum atomic E-state index is -3.49. The van der Waals surface area contributed by atoms with Gasteiger partial charge in [-0.05, 0) is 38.0 Å². The maximum absolute atomic E-state index is 10.9. The Morgan fingerprint density at radius 3 is 2.35 bits per heavy atom. The number of esters is 1. The molecule has 0 saturated carbocycles. The summed E-state index contributed by atoms with van der Waals surface area (Å²) in [5.41, 5.74) is 0. The van der Waals surface area contributed by atoms with E-state index in [1.165, 1.54) is 6.08 Å². The van der Waals surface area contributed by atoms with E-state index in [9.17, 15) is 4.79 Å². The van der Waals surface area contributed by atoms with Crippen LogP contribution in [0.5, 0.6) is 0 Å². The van der Waals surface area contributed by atoms with Gasteiger partial charge in [0.1, 0.15) is 0 Å². The second-order valence-electron chi connectivity index (χ2n) is 3.41. The van der Waals surface area contributed by atoms with Crippen LogP contribution in [0.1, 0.15) is 32.6 Å². The summed E-state index contributed by atoms with van der Waals surface area (Å²) in [5, 5.41) is 0. The molecule has 0 aliphatic rings. The summed E-state index contributed by atoms with van der Waals surface area (Å²) < 4.78 is 9.54. The zero-order valence-electron chi connectivity index (χ0n) is 9.87. The lowest BCUT2D eigenvalue weighted by Gasteiger charge is -2.07. The van der Waals surface area contributed by atoms with Crippen molar-refractivity contribution in [2.24, 2.45) is 0 Å². The van der Waals surface area contributed by atoms with Crippen molar-refractivity contribution in [2.45, 2.75) is 32.6 Å². The lowest BCUT2D eigenvalue weighted by Crippen LogP contribution is -2.02. The van der Waals surface area contributed by atoms with Crippen LogP contribution < -0.4 is 0 Å². The van der Waals surface area contributed by atoms with Crippen LogP contribution in [0.4, 0.5) is 0 Å². The van der Waals surface area contributed by atoms with Crippen molar-refractivity contribution in [3.05, 3.63) is 12.2 Å². The summed E-state index contributed by atoms with van der Waals surface area (Å²) in [5.74, 6) is -0.322. The summed E-state index contributed by atoms with van der Waals surface area (Å²) >= 11 is 4.29. The van der Waals surface area contributed by atoms with E-state index in [0.29, 0.717) is 13.0 Å². The van der Waals surface area contributed by atoms with Crippen LogP contribution in [0.2, 0.25) is 0 Å². The molecule has 0 rings (SSSR count).